The Hall–Kier alpha value is -5.88. The first-order valence-corrected chi connectivity index (χ1v) is 15.4. The zero-order valence-corrected chi connectivity index (χ0v) is 25.8. The van der Waals surface area contributed by atoms with Crippen molar-refractivity contribution in [3.05, 3.63) is 130 Å². The summed E-state index contributed by atoms with van der Waals surface area (Å²) < 4.78 is 1.77. The average Bonchev–Trinajstić information content (AvgIpc) is 3.47. The third-order valence-corrected chi connectivity index (χ3v) is 9.85. The Labute approximate surface area is 264 Å². The van der Waals surface area contributed by atoms with E-state index in [1.165, 1.54) is 11.1 Å². The average molecular weight is 597 g/mol. The van der Waals surface area contributed by atoms with Crippen molar-refractivity contribution in [3.63, 3.8) is 0 Å². The molecule has 1 aliphatic rings. The van der Waals surface area contributed by atoms with Gasteiger partial charge in [-0.1, -0.05) is 60.7 Å². The van der Waals surface area contributed by atoms with Crippen LogP contribution in [-0.2, 0) is 0 Å². The number of hydrogen-bond acceptors (Lipinski definition) is 4. The number of aryl methyl sites for hydroxylation is 2. The maximum absolute atomic E-state index is 14.3. The second-order valence-electron chi connectivity index (χ2n) is 12.3. The number of amidine groups is 1. The van der Waals surface area contributed by atoms with E-state index in [9.17, 15) is 9.59 Å². The van der Waals surface area contributed by atoms with Crippen molar-refractivity contribution in [3.8, 4) is 22.3 Å². The zero-order valence-electron chi connectivity index (χ0n) is 25.8. The van der Waals surface area contributed by atoms with Crippen LogP contribution in [0.1, 0.15) is 27.0 Å². The van der Waals surface area contributed by atoms with Crippen molar-refractivity contribution in [1.82, 2.24) is 14.3 Å². The van der Waals surface area contributed by atoms with Gasteiger partial charge in [-0.3, -0.25) is 23.9 Å². The van der Waals surface area contributed by atoms with Gasteiger partial charge in [0.2, 0.25) is 0 Å². The Morgan fingerprint density at radius 3 is 2.09 bits per heavy atom. The van der Waals surface area contributed by atoms with E-state index in [-0.39, 0.29) is 11.5 Å². The molecule has 6 nitrogen and oxygen atoms in total. The van der Waals surface area contributed by atoms with Gasteiger partial charge in [-0.05, 0) is 94.4 Å². The number of aromatic nitrogens is 2. The Morgan fingerprint density at radius 2 is 1.30 bits per heavy atom. The molecule has 0 aliphatic carbocycles. The summed E-state index contributed by atoms with van der Waals surface area (Å²) >= 11 is 0. The number of pyridine rings is 1. The highest BCUT2D eigenvalue weighted by molar-refractivity contribution is 6.29. The van der Waals surface area contributed by atoms with Gasteiger partial charge in [-0.15, -0.1) is 0 Å². The van der Waals surface area contributed by atoms with E-state index < -0.39 is 0 Å². The molecule has 1 amide bonds. The largest absolute Gasteiger partial charge is 0.296 e. The van der Waals surface area contributed by atoms with Crippen LogP contribution >= 0.6 is 0 Å². The van der Waals surface area contributed by atoms with Crippen molar-refractivity contribution in [2.75, 3.05) is 14.1 Å². The molecule has 2 aromatic heterocycles. The highest BCUT2D eigenvalue weighted by atomic mass is 16.2. The number of carbonyl (C=O) groups excluding carboxylic acids is 1. The van der Waals surface area contributed by atoms with Crippen LogP contribution in [0.5, 0.6) is 0 Å². The maximum atomic E-state index is 14.3. The molecule has 0 unspecified atom stereocenters. The number of hydrogen-bond donors (Lipinski definition) is 0. The lowest BCUT2D eigenvalue weighted by atomic mass is 9.87. The minimum absolute atomic E-state index is 0.0714. The molecule has 6 aromatic carbocycles. The summed E-state index contributed by atoms with van der Waals surface area (Å²) in [5.74, 6) is 0.584. The Kier molecular flexibility index (Phi) is 5.37. The summed E-state index contributed by atoms with van der Waals surface area (Å²) in [7, 11) is 3.48. The maximum Gasteiger partial charge on any atom is 0.264 e. The monoisotopic (exact) mass is 596 g/mol. The van der Waals surface area contributed by atoms with E-state index in [0.29, 0.717) is 22.4 Å². The molecule has 46 heavy (non-hydrogen) atoms. The number of aliphatic imine (C=N–C) groups is 1. The molecule has 0 N–H and O–H groups in total. The molecule has 0 atom stereocenters. The van der Waals surface area contributed by atoms with Crippen LogP contribution in [0.2, 0.25) is 0 Å². The van der Waals surface area contributed by atoms with E-state index in [1.807, 2.05) is 30.3 Å². The molecule has 6 heteroatoms. The van der Waals surface area contributed by atoms with Crippen molar-refractivity contribution in [2.45, 2.75) is 13.8 Å². The fraction of sp³-hybridized carbons (Fsp3) is 0.100. The molecule has 0 saturated heterocycles. The van der Waals surface area contributed by atoms with Crippen molar-refractivity contribution < 1.29 is 4.79 Å². The minimum Gasteiger partial charge on any atom is -0.296 e. The third kappa shape index (κ3) is 3.41. The topological polar surface area (TPSA) is 67.0 Å². The predicted molar refractivity (Wildman–Crippen MR) is 188 cm³/mol. The lowest BCUT2D eigenvalue weighted by Crippen LogP contribution is -2.37. The van der Waals surface area contributed by atoms with Gasteiger partial charge in [0.25, 0.3) is 11.5 Å². The van der Waals surface area contributed by atoms with Crippen LogP contribution in [-0.4, -0.2) is 40.1 Å². The van der Waals surface area contributed by atoms with E-state index in [2.05, 4.69) is 85.6 Å². The molecule has 220 valence electrons. The van der Waals surface area contributed by atoms with Crippen LogP contribution in [0.25, 0.3) is 71.3 Å². The minimum atomic E-state index is -0.0840. The van der Waals surface area contributed by atoms with Crippen LogP contribution in [0, 0.1) is 13.8 Å². The van der Waals surface area contributed by atoms with E-state index in [4.69, 9.17) is 4.98 Å². The number of fused-ring (bicyclic) bond motifs is 4. The molecule has 0 radical (unpaired) electrons. The van der Waals surface area contributed by atoms with Gasteiger partial charge < -0.3 is 0 Å². The second kappa shape index (κ2) is 9.31. The number of imidazole rings is 1. The SMILES string of the molecule is CN=C1c2ccc(-c3ccc4c5c3cccc5c(=O)n3c5cc(-c6ccc(C)c(C)c6)ccc5nc43)c3cccc(c23)C(=O)N1C. The van der Waals surface area contributed by atoms with Gasteiger partial charge in [-0.2, -0.15) is 0 Å². The molecule has 1 aliphatic heterocycles. The van der Waals surface area contributed by atoms with Crippen LogP contribution in [0.4, 0.5) is 0 Å². The summed E-state index contributed by atoms with van der Waals surface area (Å²) in [6.07, 6.45) is 0. The summed E-state index contributed by atoms with van der Waals surface area (Å²) in [5.41, 5.74) is 10.4. The quantitative estimate of drug-likeness (QED) is 0.202. The van der Waals surface area contributed by atoms with Gasteiger partial charge in [0, 0.05) is 46.8 Å². The second-order valence-corrected chi connectivity index (χ2v) is 12.3. The fourth-order valence-electron chi connectivity index (χ4n) is 7.42. The standard InChI is InChI=1S/C40H28N4O2/c1-21-11-12-23(19-22(21)2)24-13-18-33-34(20-24)44-38(42-33)30-17-15-26(28-8-6-10-32(36(28)30)40(44)46)25-14-16-29-35-27(25)7-5-9-31(35)39(45)43(4)37(29)41-3/h5-20H,1-4H3. The molecule has 9 rings (SSSR count). The Bertz CT molecular complexity index is 2740. The number of amides is 1. The number of rotatable bonds is 2. The molecule has 0 fully saturated rings. The Balaban J connectivity index is 1.32. The van der Waals surface area contributed by atoms with E-state index in [1.54, 1.807) is 23.4 Å². The van der Waals surface area contributed by atoms with Gasteiger partial charge >= 0.3 is 0 Å². The molecular weight excluding hydrogens is 568 g/mol. The van der Waals surface area contributed by atoms with Gasteiger partial charge in [0.15, 0.2) is 0 Å². The highest BCUT2D eigenvalue weighted by Gasteiger charge is 2.29. The number of benzene rings is 6. The van der Waals surface area contributed by atoms with Gasteiger partial charge in [0.05, 0.1) is 11.0 Å². The predicted octanol–water partition coefficient (Wildman–Crippen LogP) is 8.16. The smallest absolute Gasteiger partial charge is 0.264 e. The van der Waals surface area contributed by atoms with Crippen molar-refractivity contribution >= 4 is 60.7 Å². The first kappa shape index (κ1) is 26.5. The van der Waals surface area contributed by atoms with Gasteiger partial charge in [-0.25, -0.2) is 4.98 Å². The first-order valence-electron chi connectivity index (χ1n) is 15.4. The molecule has 3 heterocycles. The number of carbonyl (C=O) groups is 1. The molecular formula is C40H28N4O2. The van der Waals surface area contributed by atoms with E-state index in [0.717, 1.165) is 65.8 Å². The number of nitrogens with zero attached hydrogens (tertiary/aromatic N) is 4. The summed E-state index contributed by atoms with van der Waals surface area (Å²) in [4.78, 5) is 38.7. The molecule has 0 spiro atoms. The summed E-state index contributed by atoms with van der Waals surface area (Å²) in [6, 6.07) is 32.8. The van der Waals surface area contributed by atoms with Crippen LogP contribution in [0.3, 0.4) is 0 Å². The lowest BCUT2D eigenvalue weighted by Gasteiger charge is -2.28. The highest BCUT2D eigenvalue weighted by Crippen LogP contribution is 2.41. The first-order chi connectivity index (χ1) is 22.4. The summed E-state index contributed by atoms with van der Waals surface area (Å²) in [6.45, 7) is 4.23. The Morgan fingerprint density at radius 1 is 0.630 bits per heavy atom. The van der Waals surface area contributed by atoms with Crippen molar-refractivity contribution in [2.24, 2.45) is 4.99 Å². The lowest BCUT2D eigenvalue weighted by molar-refractivity contribution is 0.0870. The van der Waals surface area contributed by atoms with E-state index >= 15 is 0 Å². The summed E-state index contributed by atoms with van der Waals surface area (Å²) in [5, 5.41) is 5.33. The molecule has 8 aromatic rings. The molecule has 0 saturated carbocycles. The zero-order chi connectivity index (χ0) is 31.4. The van der Waals surface area contributed by atoms with Gasteiger partial charge in [0.1, 0.15) is 11.5 Å². The van der Waals surface area contributed by atoms with Crippen molar-refractivity contribution in [1.29, 1.82) is 0 Å². The molecule has 0 bridgehead atoms. The van der Waals surface area contributed by atoms with Crippen LogP contribution < -0.4 is 5.56 Å². The van der Waals surface area contributed by atoms with Crippen LogP contribution in [0.15, 0.2) is 107 Å². The third-order valence-electron chi connectivity index (χ3n) is 9.85. The normalized spacial score (nSPS) is 14.2. The fourth-order valence-corrected chi connectivity index (χ4v) is 7.42.